The van der Waals surface area contributed by atoms with E-state index in [9.17, 15) is 77.6 Å². The second-order valence-electron chi connectivity index (χ2n) is 31.8. The fourth-order valence-corrected chi connectivity index (χ4v) is 14.2. The van der Waals surface area contributed by atoms with Gasteiger partial charge in [-0.05, 0) is 182 Å². The first-order valence-corrected chi connectivity index (χ1v) is 45.4. The smallest absolute Gasteiger partial charge is 0.326 e. The number of para-hydroxylation sites is 1. The summed E-state index contributed by atoms with van der Waals surface area (Å²) in [6.07, 6.45) is 1.03. The number of H-pyrrole nitrogens is 1. The summed E-state index contributed by atoms with van der Waals surface area (Å²) in [5.41, 5.74) is 47.8. The molecule has 0 saturated heterocycles. The van der Waals surface area contributed by atoms with Crippen LogP contribution >= 0.6 is 25.3 Å². The number of aromatic amines is 1. The maximum absolute atomic E-state index is 15.1. The number of aliphatic carboxylic acids is 2. The molecule has 51 heteroatoms. The number of hydrogen-bond donors (Lipinski definition) is 36. The number of hydrogen-bond acceptors (Lipinski definition) is 27. The average Bonchev–Trinajstić information content (AvgIpc) is 1.68. The zero-order chi connectivity index (χ0) is 100. The van der Waals surface area contributed by atoms with E-state index in [1.54, 1.807) is 30.5 Å². The van der Waals surface area contributed by atoms with E-state index in [2.05, 4.69) is 121 Å². The van der Waals surface area contributed by atoms with Gasteiger partial charge in [-0.3, -0.25) is 88.8 Å². The van der Waals surface area contributed by atoms with Gasteiger partial charge in [0.05, 0.1) is 12.6 Å². The third-order valence-corrected chi connectivity index (χ3v) is 21.8. The highest BCUT2D eigenvalue weighted by Crippen LogP contribution is 2.22. The Morgan fingerprint density at radius 1 is 0.341 bits per heavy atom. The number of unbranched alkanes of at least 4 members (excludes halogenated alkanes) is 3. The van der Waals surface area contributed by atoms with Crippen LogP contribution < -0.4 is 136 Å². The molecule has 135 heavy (non-hydrogen) atoms. The highest BCUT2D eigenvalue weighted by molar-refractivity contribution is 7.80. The van der Waals surface area contributed by atoms with E-state index in [1.165, 1.54) is 48.5 Å². The van der Waals surface area contributed by atoms with Crippen LogP contribution in [0.15, 0.2) is 79.0 Å². The van der Waals surface area contributed by atoms with Crippen LogP contribution in [0.1, 0.15) is 139 Å². The molecule has 1 aromatic heterocycles. The summed E-state index contributed by atoms with van der Waals surface area (Å²) in [4.78, 5) is 215. The van der Waals surface area contributed by atoms with Crippen LogP contribution in [0.4, 0.5) is 0 Å². The lowest BCUT2D eigenvalue weighted by atomic mass is 10.0. The van der Waals surface area contributed by atoms with Crippen LogP contribution in [0.25, 0.3) is 10.9 Å². The number of nitrogens with one attached hydrogen (secondary N) is 22. The maximum Gasteiger partial charge on any atom is 0.326 e. The van der Waals surface area contributed by atoms with Crippen molar-refractivity contribution in [1.29, 1.82) is 21.6 Å². The van der Waals surface area contributed by atoms with Gasteiger partial charge in [-0.1, -0.05) is 42.5 Å². The van der Waals surface area contributed by atoms with Crippen LogP contribution in [0.2, 0.25) is 0 Å². The summed E-state index contributed by atoms with van der Waals surface area (Å²) < 4.78 is 0. The van der Waals surface area contributed by atoms with E-state index in [0.717, 1.165) is 0 Å². The van der Waals surface area contributed by atoms with E-state index < -0.39 is 210 Å². The summed E-state index contributed by atoms with van der Waals surface area (Å²) in [5.74, 6) is -18.0. The molecule has 3 aromatic carbocycles. The van der Waals surface area contributed by atoms with Gasteiger partial charge in [0, 0.05) is 80.5 Å². The number of carboxylic acid groups (broad SMARTS) is 2. The Labute approximate surface area is 791 Å². The van der Waals surface area contributed by atoms with Crippen molar-refractivity contribution in [2.75, 3.05) is 63.9 Å². The summed E-state index contributed by atoms with van der Waals surface area (Å²) >= 11 is 8.59. The van der Waals surface area contributed by atoms with Crippen LogP contribution in [0.5, 0.6) is 11.5 Å². The van der Waals surface area contributed by atoms with Crippen molar-refractivity contribution in [2.45, 2.75) is 220 Å². The van der Waals surface area contributed by atoms with Crippen LogP contribution in [-0.2, 0) is 91.2 Å². The van der Waals surface area contributed by atoms with Gasteiger partial charge in [-0.15, -0.1) is 0 Å². The number of carbonyl (C=O) groups excluding carboxylic acids is 13. The van der Waals surface area contributed by atoms with Crippen molar-refractivity contribution >= 4 is 149 Å². The van der Waals surface area contributed by atoms with E-state index in [1.807, 2.05) is 0 Å². The maximum atomic E-state index is 15.1. The molecule has 746 valence electrons. The third-order valence-electron chi connectivity index (χ3n) is 21.0. The number of carbonyl (C=O) groups is 15. The number of nitrogens with two attached hydrogens (primary N) is 8. The van der Waals surface area contributed by atoms with Crippen LogP contribution in [0, 0.1) is 21.6 Å². The van der Waals surface area contributed by atoms with Crippen molar-refractivity contribution in [3.05, 3.63) is 95.7 Å². The molecule has 0 bridgehead atoms. The fourth-order valence-electron chi connectivity index (χ4n) is 13.7. The highest BCUT2D eigenvalue weighted by Gasteiger charge is 2.38. The Kier molecular flexibility index (Phi) is 52.3. The molecule has 13 atom stereocenters. The van der Waals surface area contributed by atoms with E-state index in [-0.39, 0.29) is 172 Å². The lowest BCUT2D eigenvalue weighted by Gasteiger charge is -2.28. The second kappa shape index (κ2) is 62.0. The molecule has 0 aliphatic heterocycles. The normalized spacial score (nSPS) is 13.9. The number of guanidine groups is 4. The third kappa shape index (κ3) is 44.3. The van der Waals surface area contributed by atoms with E-state index in [0.29, 0.717) is 53.3 Å². The number of benzene rings is 3. The predicted molar refractivity (Wildman–Crippen MR) is 507 cm³/mol. The molecule has 0 unspecified atom stereocenters. The Morgan fingerprint density at radius 3 is 1.00 bits per heavy atom. The van der Waals surface area contributed by atoms with Crippen LogP contribution in [0.3, 0.4) is 0 Å². The van der Waals surface area contributed by atoms with Crippen molar-refractivity contribution in [2.24, 2.45) is 45.9 Å². The van der Waals surface area contributed by atoms with Gasteiger partial charge in [0.2, 0.25) is 76.8 Å². The number of phenolic OH excluding ortho intramolecular Hbond substituents is 2. The Morgan fingerprint density at radius 2 is 0.644 bits per heavy atom. The first kappa shape index (κ1) is 114. The Hall–Kier alpha value is -13.5. The second-order valence-corrected chi connectivity index (χ2v) is 32.6. The molecule has 0 fully saturated rings. The number of aromatic nitrogens is 1. The molecule has 42 N–H and O–H groups in total. The fraction of sp³-hybridized carbons (Fsp3) is 0.536. The number of rotatable bonds is 66. The average molecular weight is 1930 g/mol. The lowest BCUT2D eigenvalue weighted by molar-refractivity contribution is -0.143. The number of carboxylic acids is 2. The molecule has 13 amide bonds. The molecule has 49 nitrogen and oxygen atoms in total. The van der Waals surface area contributed by atoms with Crippen molar-refractivity contribution in [3.8, 4) is 11.5 Å². The van der Waals surface area contributed by atoms with Crippen LogP contribution in [-0.4, -0.2) is 280 Å². The molecule has 0 spiro atoms. The zero-order valence-corrected chi connectivity index (χ0v) is 76.9. The van der Waals surface area contributed by atoms with E-state index >= 15 is 9.59 Å². The number of phenols is 2. The molecule has 0 radical (unpaired) electrons. The minimum Gasteiger partial charge on any atom is -0.508 e. The van der Waals surface area contributed by atoms with Crippen molar-refractivity contribution in [3.63, 3.8) is 0 Å². The molecular weight excluding hydrogens is 1800 g/mol. The highest BCUT2D eigenvalue weighted by atomic mass is 32.1. The summed E-state index contributed by atoms with van der Waals surface area (Å²) in [6, 6.07) is -1.50. The summed E-state index contributed by atoms with van der Waals surface area (Å²) in [7, 11) is 0. The standard InChI is InChI=1S/C84H134N30O19S2/c85-32-6-3-16-54(69(121)102-43-66(117)103-61(39-46-22-26-49(115)27-23-46)75(127)108-58(20-11-37-99-83(93)94)71(123)107-56(18-5-8-34-87)74(126)113-64(44-134)78(130)110-60(80(132)133)30-31-67(118)119)105-70(122)55(17-4-7-33-86)106-72(124)59(21-12-38-100-84(95)96)109-76(128)62(40-47-24-28-50(116)29-25-47)111-79(131)65(45-135)114-77(129)63(41-48-42-101-53-15-2-1-13-51(48)53)112-73(125)57(19-10-36-98-82(91)92)104-68(120)52(88)14-9-35-97-81(89)90/h1-2,13,15,22-29,42,52,54-65,101,115-116,134-135H,3-12,14,16-21,30-41,43-45,85-88H2,(H,102,121)(H,103,117)(H,104,120)(H,105,122)(H,106,124)(H,107,123)(H,108,127)(H,109,128)(H,110,130)(H,111,131)(H,112,125)(H,113,126)(H,114,129)(H,118,119)(H,132,133)(H4,89,90,97)(H4,91,92,98)(H4,93,94,99)(H4,95,96,100)/t52-,54-,55-,56-,57-,58-,59-,60-,61-,62-,63-,64-,65-/m0/s1. The van der Waals surface area contributed by atoms with Gasteiger partial charge in [0.15, 0.2) is 23.8 Å². The van der Waals surface area contributed by atoms with Gasteiger partial charge in [0.1, 0.15) is 84.0 Å². The quantitative estimate of drug-likeness (QED) is 0.00845. The molecule has 1 heterocycles. The number of aromatic hydroxyl groups is 2. The molecule has 0 aliphatic rings. The lowest BCUT2D eigenvalue weighted by Crippen LogP contribution is -2.61. The largest absolute Gasteiger partial charge is 0.508 e. The minimum atomic E-state index is -1.67. The van der Waals surface area contributed by atoms with Crippen molar-refractivity contribution < 1.29 is 92.3 Å². The first-order valence-electron chi connectivity index (χ1n) is 44.2. The van der Waals surface area contributed by atoms with E-state index in [4.69, 9.17) is 72.6 Å². The van der Waals surface area contributed by atoms with Gasteiger partial charge in [0.25, 0.3) is 0 Å². The zero-order valence-electron chi connectivity index (χ0n) is 75.1. The topological polar surface area (TPSA) is 861 Å². The monoisotopic (exact) mass is 1930 g/mol. The number of amides is 13. The molecule has 4 rings (SSSR count). The molecular formula is C84H134N30O19S2. The van der Waals surface area contributed by atoms with Gasteiger partial charge in [-0.2, -0.15) is 25.3 Å². The number of thiol groups is 2. The molecule has 4 aromatic rings. The number of fused-ring (bicyclic) bond motifs is 1. The SMILES string of the molecule is N=C(N)NCCC[C@H](NC(=O)[C@H](Cc1ccc(O)cc1)NC(=O)CNC(=O)[C@H](CCCCN)NC(=O)[C@H](CCCCN)NC(=O)[C@H](CCCNC(=N)N)NC(=O)[C@H](Cc1ccc(O)cc1)NC(=O)[C@H](CS)NC(=O)[C@H](Cc1c[nH]c2ccccc12)NC(=O)[C@H](CCCNC(=N)N)NC(=O)[C@@H](N)CCCNC(=N)N)C(=O)N[C@@H](CCCCN)C(=O)N[C@@H](CS)C(=O)N[C@@H](CCC(=O)O)C(=O)O. The Bertz CT molecular complexity index is 4600. The summed E-state index contributed by atoms with van der Waals surface area (Å²) in [6.45, 7) is -0.173. The molecule has 0 saturated carbocycles. The van der Waals surface area contributed by atoms with Gasteiger partial charge >= 0.3 is 11.9 Å². The summed E-state index contributed by atoms with van der Waals surface area (Å²) in [5, 5.41) is 115. The first-order chi connectivity index (χ1) is 64.3. The minimum absolute atomic E-state index is 0.0126. The Balaban J connectivity index is 1.67. The van der Waals surface area contributed by atoms with Crippen molar-refractivity contribution in [1.82, 2.24) is 95.4 Å². The predicted octanol–water partition coefficient (Wildman–Crippen LogP) is -6.88. The van der Waals surface area contributed by atoms with Gasteiger partial charge in [-0.25, -0.2) is 4.79 Å². The molecule has 0 aliphatic carbocycles. The van der Waals surface area contributed by atoms with Gasteiger partial charge < -0.3 is 162 Å².